The van der Waals surface area contributed by atoms with E-state index < -0.39 is 0 Å². The maximum absolute atomic E-state index is 2.33. The fourth-order valence-electron chi connectivity index (χ4n) is 2.53. The van der Waals surface area contributed by atoms with E-state index in [2.05, 4.69) is 67.2 Å². The lowest BCUT2D eigenvalue weighted by Crippen LogP contribution is -2.34. The molecular weight excluding hydrogens is 230 g/mol. The lowest BCUT2D eigenvalue weighted by molar-refractivity contribution is -0.697. The Morgan fingerprint density at radius 3 is 2.32 bits per heavy atom. The van der Waals surface area contributed by atoms with Crippen molar-refractivity contribution in [2.75, 3.05) is 0 Å². The van der Waals surface area contributed by atoms with Gasteiger partial charge in [-0.25, -0.2) is 4.57 Å². The molecule has 1 aromatic carbocycles. The molecule has 1 heteroatoms. The number of pyridine rings is 1. The first-order valence-electron chi connectivity index (χ1n) is 7.38. The zero-order valence-corrected chi connectivity index (χ0v) is 12.1. The Labute approximate surface area is 116 Å². The van der Waals surface area contributed by atoms with E-state index >= 15 is 0 Å². The van der Waals surface area contributed by atoms with Gasteiger partial charge in [-0.1, -0.05) is 44.2 Å². The topological polar surface area (TPSA) is 3.88 Å². The fourth-order valence-corrected chi connectivity index (χ4v) is 2.53. The summed E-state index contributed by atoms with van der Waals surface area (Å²) < 4.78 is 2.33. The van der Waals surface area contributed by atoms with Crippen molar-refractivity contribution >= 4 is 0 Å². The first-order chi connectivity index (χ1) is 9.33. The molecule has 19 heavy (non-hydrogen) atoms. The third kappa shape index (κ3) is 3.92. The van der Waals surface area contributed by atoms with Crippen LogP contribution < -0.4 is 4.57 Å². The second-order valence-corrected chi connectivity index (χ2v) is 5.03. The lowest BCUT2D eigenvalue weighted by Gasteiger charge is -2.05. The van der Waals surface area contributed by atoms with Gasteiger partial charge in [0.05, 0.1) is 0 Å². The Morgan fingerprint density at radius 1 is 0.895 bits per heavy atom. The van der Waals surface area contributed by atoms with Gasteiger partial charge in [0.2, 0.25) is 0 Å². The van der Waals surface area contributed by atoms with Crippen molar-refractivity contribution in [3.63, 3.8) is 0 Å². The van der Waals surface area contributed by atoms with Crippen LogP contribution in [0, 0.1) is 0 Å². The molecule has 0 saturated carbocycles. The summed E-state index contributed by atoms with van der Waals surface area (Å²) in [5, 5.41) is 0. The fraction of sp³-hybridized carbons (Fsp3) is 0.389. The van der Waals surface area contributed by atoms with E-state index in [9.17, 15) is 0 Å². The molecule has 1 heterocycles. The molecular formula is C18H24N+. The van der Waals surface area contributed by atoms with Gasteiger partial charge in [-0.15, -0.1) is 0 Å². The van der Waals surface area contributed by atoms with Crippen LogP contribution in [-0.4, -0.2) is 0 Å². The van der Waals surface area contributed by atoms with E-state index in [-0.39, 0.29) is 0 Å². The Kier molecular flexibility index (Phi) is 5.14. The SMILES string of the molecule is CCc1cc[n+](CCCc2ccccc2)cc1CC. The molecule has 0 unspecified atom stereocenters. The Morgan fingerprint density at radius 2 is 1.63 bits per heavy atom. The van der Waals surface area contributed by atoms with Gasteiger partial charge in [-0.3, -0.25) is 0 Å². The highest BCUT2D eigenvalue weighted by Crippen LogP contribution is 2.08. The van der Waals surface area contributed by atoms with E-state index in [0.717, 1.165) is 25.8 Å². The lowest BCUT2D eigenvalue weighted by atomic mass is 10.1. The average Bonchev–Trinajstić information content (AvgIpc) is 2.48. The average molecular weight is 254 g/mol. The van der Waals surface area contributed by atoms with E-state index in [1.807, 2.05) is 0 Å². The zero-order valence-electron chi connectivity index (χ0n) is 12.1. The molecule has 0 aliphatic heterocycles. The zero-order chi connectivity index (χ0) is 13.5. The van der Waals surface area contributed by atoms with E-state index in [1.165, 1.54) is 23.1 Å². The number of hydrogen-bond donors (Lipinski definition) is 0. The summed E-state index contributed by atoms with van der Waals surface area (Å²) in [6.45, 7) is 5.57. The van der Waals surface area contributed by atoms with Crippen LogP contribution in [0.3, 0.4) is 0 Å². The van der Waals surface area contributed by atoms with Crippen molar-refractivity contribution < 1.29 is 4.57 Å². The molecule has 0 amide bonds. The van der Waals surface area contributed by atoms with E-state index in [4.69, 9.17) is 0 Å². The summed E-state index contributed by atoms with van der Waals surface area (Å²) in [4.78, 5) is 0. The maximum Gasteiger partial charge on any atom is 0.172 e. The van der Waals surface area contributed by atoms with Gasteiger partial charge in [0, 0.05) is 18.1 Å². The molecule has 0 atom stereocenters. The van der Waals surface area contributed by atoms with Gasteiger partial charge in [0.25, 0.3) is 0 Å². The summed E-state index contributed by atoms with van der Waals surface area (Å²) in [7, 11) is 0. The molecule has 0 radical (unpaired) electrons. The third-order valence-corrected chi connectivity index (χ3v) is 3.69. The number of aryl methyl sites for hydroxylation is 4. The molecule has 0 spiro atoms. The van der Waals surface area contributed by atoms with Crippen LogP contribution in [0.5, 0.6) is 0 Å². The van der Waals surface area contributed by atoms with Crippen LogP contribution >= 0.6 is 0 Å². The first kappa shape index (κ1) is 13.8. The summed E-state index contributed by atoms with van der Waals surface area (Å²) in [5.41, 5.74) is 4.41. The molecule has 0 N–H and O–H groups in total. The van der Waals surface area contributed by atoms with Crippen LogP contribution in [0.25, 0.3) is 0 Å². The van der Waals surface area contributed by atoms with Crippen LogP contribution in [0.15, 0.2) is 48.8 Å². The van der Waals surface area contributed by atoms with E-state index in [1.54, 1.807) is 0 Å². The van der Waals surface area contributed by atoms with Crippen molar-refractivity contribution in [2.45, 2.75) is 46.1 Å². The van der Waals surface area contributed by atoms with Crippen molar-refractivity contribution in [3.05, 3.63) is 65.5 Å². The number of benzene rings is 1. The van der Waals surface area contributed by atoms with Gasteiger partial charge in [0.1, 0.15) is 6.54 Å². The highest BCUT2D eigenvalue weighted by molar-refractivity contribution is 5.20. The predicted octanol–water partition coefficient (Wildman–Crippen LogP) is 3.73. The number of aromatic nitrogens is 1. The van der Waals surface area contributed by atoms with Crippen molar-refractivity contribution in [1.82, 2.24) is 0 Å². The molecule has 2 aromatic rings. The van der Waals surface area contributed by atoms with Gasteiger partial charge >= 0.3 is 0 Å². The monoisotopic (exact) mass is 254 g/mol. The minimum absolute atomic E-state index is 1.10. The van der Waals surface area contributed by atoms with Gasteiger partial charge in [-0.05, 0) is 30.4 Å². The first-order valence-corrected chi connectivity index (χ1v) is 7.38. The van der Waals surface area contributed by atoms with Gasteiger partial charge in [0.15, 0.2) is 12.4 Å². The second kappa shape index (κ2) is 7.08. The third-order valence-electron chi connectivity index (χ3n) is 3.69. The molecule has 100 valence electrons. The second-order valence-electron chi connectivity index (χ2n) is 5.03. The molecule has 0 aliphatic rings. The largest absolute Gasteiger partial charge is 0.205 e. The number of hydrogen-bond acceptors (Lipinski definition) is 0. The molecule has 1 nitrogen and oxygen atoms in total. The number of rotatable bonds is 6. The molecule has 0 fully saturated rings. The standard InChI is InChI=1S/C18H24N/c1-3-17-12-14-19(15-18(17)4-2)13-8-11-16-9-6-5-7-10-16/h5-7,9-10,12,14-15H,3-4,8,11,13H2,1-2H3/q+1. The normalized spacial score (nSPS) is 10.6. The molecule has 0 saturated heterocycles. The molecule has 2 rings (SSSR count). The van der Waals surface area contributed by atoms with Crippen LogP contribution in [0.4, 0.5) is 0 Å². The molecule has 1 aromatic heterocycles. The Balaban J connectivity index is 1.93. The minimum atomic E-state index is 1.10. The van der Waals surface area contributed by atoms with Crippen LogP contribution in [0.2, 0.25) is 0 Å². The summed E-state index contributed by atoms with van der Waals surface area (Å²) >= 11 is 0. The van der Waals surface area contributed by atoms with Gasteiger partial charge < -0.3 is 0 Å². The maximum atomic E-state index is 2.33. The molecule has 0 bridgehead atoms. The predicted molar refractivity (Wildman–Crippen MR) is 80.2 cm³/mol. The summed E-state index contributed by atoms with van der Waals surface area (Å²) in [5.74, 6) is 0. The van der Waals surface area contributed by atoms with E-state index in [0.29, 0.717) is 0 Å². The Hall–Kier alpha value is -1.63. The summed E-state index contributed by atoms with van der Waals surface area (Å²) in [6, 6.07) is 13.0. The van der Waals surface area contributed by atoms with Crippen molar-refractivity contribution in [3.8, 4) is 0 Å². The van der Waals surface area contributed by atoms with Crippen LogP contribution in [0.1, 0.15) is 37.0 Å². The highest BCUT2D eigenvalue weighted by Gasteiger charge is 2.06. The van der Waals surface area contributed by atoms with Crippen molar-refractivity contribution in [2.24, 2.45) is 0 Å². The Bertz CT molecular complexity index is 502. The smallest absolute Gasteiger partial charge is 0.172 e. The summed E-state index contributed by atoms with van der Waals surface area (Å²) in [6.07, 6.45) is 9.16. The quantitative estimate of drug-likeness (QED) is 0.692. The van der Waals surface area contributed by atoms with Crippen LogP contribution in [-0.2, 0) is 25.8 Å². The van der Waals surface area contributed by atoms with Crippen molar-refractivity contribution in [1.29, 1.82) is 0 Å². The van der Waals surface area contributed by atoms with Gasteiger partial charge in [-0.2, -0.15) is 0 Å². The molecule has 0 aliphatic carbocycles. The highest BCUT2D eigenvalue weighted by atomic mass is 14.9. The number of nitrogens with zero attached hydrogens (tertiary/aromatic N) is 1. The minimum Gasteiger partial charge on any atom is -0.205 e.